The molecule has 0 saturated carbocycles. The summed E-state index contributed by atoms with van der Waals surface area (Å²) >= 11 is 0. The third-order valence-corrected chi connectivity index (χ3v) is 4.97. The van der Waals surface area contributed by atoms with Gasteiger partial charge in [0.25, 0.3) is 0 Å². The van der Waals surface area contributed by atoms with Crippen LogP contribution >= 0.6 is 0 Å². The fourth-order valence-electron chi connectivity index (χ4n) is 3.05. The van der Waals surface area contributed by atoms with Crippen LogP contribution in [-0.2, 0) is 14.3 Å². The molecule has 7 nitrogen and oxygen atoms in total. The molecule has 0 aliphatic carbocycles. The van der Waals surface area contributed by atoms with E-state index < -0.39 is 11.4 Å². The van der Waals surface area contributed by atoms with Crippen molar-refractivity contribution in [2.45, 2.75) is 33.6 Å². The third kappa shape index (κ3) is 5.57. The van der Waals surface area contributed by atoms with Crippen LogP contribution in [0.15, 0.2) is 48.5 Å². The largest absolute Gasteiger partial charge is 0.454 e. The topological polar surface area (TPSA) is 92.8 Å². The molecule has 1 fully saturated rings. The number of hydrogen-bond acceptors (Lipinski definition) is 5. The number of rotatable bonds is 6. The average Bonchev–Trinajstić information content (AvgIpc) is 3.17. The average molecular weight is 422 g/mol. The Labute approximate surface area is 181 Å². The van der Waals surface area contributed by atoms with Gasteiger partial charge in [-0.3, -0.25) is 14.4 Å². The number of ketones is 1. The van der Waals surface area contributed by atoms with Crippen molar-refractivity contribution in [3.63, 3.8) is 0 Å². The zero-order valence-corrected chi connectivity index (χ0v) is 17.9. The number of carbonyl (C=O) groups excluding carboxylic acids is 4. The summed E-state index contributed by atoms with van der Waals surface area (Å²) in [6.07, 6.45) is 1.37. The second-order valence-corrected chi connectivity index (χ2v) is 8.48. The Hall–Kier alpha value is -3.48. The van der Waals surface area contributed by atoms with Crippen molar-refractivity contribution in [2.75, 3.05) is 23.4 Å². The molecule has 0 spiro atoms. The molecule has 3 rings (SSSR count). The summed E-state index contributed by atoms with van der Waals surface area (Å²) in [5.74, 6) is -1.01. The van der Waals surface area contributed by atoms with Crippen molar-refractivity contribution >= 4 is 34.9 Å². The van der Waals surface area contributed by atoms with Crippen LogP contribution in [0.25, 0.3) is 0 Å². The van der Waals surface area contributed by atoms with Crippen LogP contribution in [0.3, 0.4) is 0 Å². The first kappa shape index (κ1) is 22.2. The molecule has 0 aromatic heterocycles. The Kier molecular flexibility index (Phi) is 6.53. The molecule has 1 heterocycles. The number of nitrogens with one attached hydrogen (secondary N) is 1. The van der Waals surface area contributed by atoms with Crippen molar-refractivity contribution in [2.24, 2.45) is 5.41 Å². The van der Waals surface area contributed by atoms with Crippen LogP contribution in [0.1, 0.15) is 54.3 Å². The summed E-state index contributed by atoms with van der Waals surface area (Å²) in [4.78, 5) is 50.1. The summed E-state index contributed by atoms with van der Waals surface area (Å²) in [5.41, 5.74) is 1.50. The van der Waals surface area contributed by atoms with Crippen LogP contribution in [0.4, 0.5) is 11.4 Å². The lowest BCUT2D eigenvalue weighted by molar-refractivity contribution is -0.123. The van der Waals surface area contributed by atoms with E-state index in [2.05, 4.69) is 5.32 Å². The van der Waals surface area contributed by atoms with Gasteiger partial charge in [0.05, 0.1) is 5.56 Å². The highest BCUT2D eigenvalue weighted by molar-refractivity contribution is 6.00. The Morgan fingerprint density at radius 1 is 0.968 bits per heavy atom. The standard InChI is InChI=1S/C24H26N2O5/c1-24(2,3)23(30)25-18-10-6-16(7-11-18)20(27)15-31-22(29)17-8-12-19(13-9-17)26-14-4-5-21(26)28/h6-13H,4-5,14-15H2,1-3H3,(H,25,30). The zero-order valence-electron chi connectivity index (χ0n) is 17.9. The number of carbonyl (C=O) groups is 4. The quantitative estimate of drug-likeness (QED) is 0.564. The van der Waals surface area contributed by atoms with Gasteiger partial charge >= 0.3 is 5.97 Å². The predicted molar refractivity (Wildman–Crippen MR) is 117 cm³/mol. The first-order valence-corrected chi connectivity index (χ1v) is 10.2. The van der Waals surface area contributed by atoms with E-state index in [0.29, 0.717) is 29.8 Å². The molecule has 0 bridgehead atoms. The Morgan fingerprint density at radius 2 is 1.58 bits per heavy atom. The second kappa shape index (κ2) is 9.12. The number of amides is 2. The lowest BCUT2D eigenvalue weighted by atomic mass is 9.95. The highest BCUT2D eigenvalue weighted by Crippen LogP contribution is 2.22. The second-order valence-electron chi connectivity index (χ2n) is 8.48. The van der Waals surface area contributed by atoms with Crippen LogP contribution in [-0.4, -0.2) is 36.7 Å². The van der Waals surface area contributed by atoms with E-state index in [1.165, 1.54) is 0 Å². The zero-order chi connectivity index (χ0) is 22.6. The Bertz CT molecular complexity index is 988. The number of anilines is 2. The highest BCUT2D eigenvalue weighted by atomic mass is 16.5. The fraction of sp³-hybridized carbons (Fsp3) is 0.333. The molecule has 2 amide bonds. The van der Waals surface area contributed by atoms with E-state index in [9.17, 15) is 19.2 Å². The minimum Gasteiger partial charge on any atom is -0.454 e. The molecular formula is C24H26N2O5. The third-order valence-electron chi connectivity index (χ3n) is 4.97. The number of hydrogen-bond donors (Lipinski definition) is 1. The number of Topliss-reactive ketones (excluding diaryl/α,β-unsaturated/α-hetero) is 1. The molecule has 1 N–H and O–H groups in total. The molecule has 1 aliphatic rings. The molecule has 2 aromatic carbocycles. The minimum atomic E-state index is -0.610. The SMILES string of the molecule is CC(C)(C)C(=O)Nc1ccc(C(=O)COC(=O)c2ccc(N3CCCC3=O)cc2)cc1. The predicted octanol–water partition coefficient (Wildman–Crippen LogP) is 3.84. The Morgan fingerprint density at radius 3 is 2.13 bits per heavy atom. The van der Waals surface area contributed by atoms with E-state index in [1.807, 2.05) is 20.8 Å². The summed E-state index contributed by atoms with van der Waals surface area (Å²) in [6, 6.07) is 13.0. The van der Waals surface area contributed by atoms with Gasteiger partial charge in [0.2, 0.25) is 11.8 Å². The molecule has 31 heavy (non-hydrogen) atoms. The van der Waals surface area contributed by atoms with Crippen molar-refractivity contribution < 1.29 is 23.9 Å². The minimum absolute atomic E-state index is 0.0740. The van der Waals surface area contributed by atoms with Gasteiger partial charge in [-0.1, -0.05) is 20.8 Å². The highest BCUT2D eigenvalue weighted by Gasteiger charge is 2.22. The first-order chi connectivity index (χ1) is 14.6. The first-order valence-electron chi connectivity index (χ1n) is 10.2. The van der Waals surface area contributed by atoms with E-state index in [-0.39, 0.29) is 24.2 Å². The van der Waals surface area contributed by atoms with Gasteiger partial charge in [-0.05, 0) is 55.0 Å². The van der Waals surface area contributed by atoms with E-state index in [0.717, 1.165) is 12.1 Å². The fourth-order valence-corrected chi connectivity index (χ4v) is 3.05. The van der Waals surface area contributed by atoms with Gasteiger partial charge in [-0.15, -0.1) is 0 Å². The van der Waals surface area contributed by atoms with Crippen molar-refractivity contribution in [3.8, 4) is 0 Å². The van der Waals surface area contributed by atoms with Gasteiger partial charge in [0, 0.05) is 35.3 Å². The molecule has 0 unspecified atom stereocenters. The number of ether oxygens (including phenoxy) is 1. The van der Waals surface area contributed by atoms with Gasteiger partial charge < -0.3 is 15.0 Å². The summed E-state index contributed by atoms with van der Waals surface area (Å²) in [6.45, 7) is 5.73. The maximum Gasteiger partial charge on any atom is 0.338 e. The lowest BCUT2D eigenvalue weighted by Crippen LogP contribution is -2.27. The molecule has 0 radical (unpaired) electrons. The number of benzene rings is 2. The monoisotopic (exact) mass is 422 g/mol. The van der Waals surface area contributed by atoms with Gasteiger partial charge in [-0.2, -0.15) is 0 Å². The molecule has 2 aromatic rings. The van der Waals surface area contributed by atoms with Crippen LogP contribution in [0.2, 0.25) is 0 Å². The summed E-state index contributed by atoms with van der Waals surface area (Å²) in [7, 11) is 0. The molecule has 1 saturated heterocycles. The van der Waals surface area contributed by atoms with E-state index >= 15 is 0 Å². The van der Waals surface area contributed by atoms with Crippen molar-refractivity contribution in [1.82, 2.24) is 0 Å². The van der Waals surface area contributed by atoms with E-state index in [1.54, 1.807) is 53.4 Å². The molecule has 0 atom stereocenters. The van der Waals surface area contributed by atoms with Crippen LogP contribution in [0, 0.1) is 5.41 Å². The normalized spacial score (nSPS) is 13.8. The number of nitrogens with zero attached hydrogens (tertiary/aromatic N) is 1. The molecular weight excluding hydrogens is 396 g/mol. The van der Waals surface area contributed by atoms with Gasteiger partial charge in [0.1, 0.15) is 0 Å². The maximum absolute atomic E-state index is 12.3. The molecule has 1 aliphatic heterocycles. The maximum atomic E-state index is 12.3. The van der Waals surface area contributed by atoms with E-state index in [4.69, 9.17) is 4.74 Å². The van der Waals surface area contributed by atoms with Crippen molar-refractivity contribution in [3.05, 3.63) is 59.7 Å². The lowest BCUT2D eigenvalue weighted by Gasteiger charge is -2.17. The van der Waals surface area contributed by atoms with Crippen LogP contribution in [0.5, 0.6) is 0 Å². The summed E-state index contributed by atoms with van der Waals surface area (Å²) < 4.78 is 5.13. The van der Waals surface area contributed by atoms with Crippen LogP contribution < -0.4 is 10.2 Å². The smallest absolute Gasteiger partial charge is 0.338 e. The molecule has 162 valence electrons. The van der Waals surface area contributed by atoms with Gasteiger partial charge in [-0.25, -0.2) is 4.79 Å². The van der Waals surface area contributed by atoms with Crippen molar-refractivity contribution in [1.29, 1.82) is 0 Å². The molecule has 7 heteroatoms. The summed E-state index contributed by atoms with van der Waals surface area (Å²) in [5, 5.41) is 2.79. The Balaban J connectivity index is 1.53. The van der Waals surface area contributed by atoms with Gasteiger partial charge in [0.15, 0.2) is 12.4 Å². The number of esters is 1.